The van der Waals surface area contributed by atoms with Gasteiger partial charge in [0.15, 0.2) is 10.7 Å². The minimum Gasteiger partial charge on any atom is -0.550 e. The number of fused-ring (bicyclic) bond motifs is 1. The molecule has 0 amide bonds. The number of rotatable bonds is 5. The Morgan fingerprint density at radius 1 is 1.33 bits per heavy atom. The zero-order valence-electron chi connectivity index (χ0n) is 14.8. The summed E-state index contributed by atoms with van der Waals surface area (Å²) in [5.74, 6) is -0.892. The van der Waals surface area contributed by atoms with Crippen molar-refractivity contribution in [2.45, 2.75) is 20.3 Å². The lowest BCUT2D eigenvalue weighted by Crippen LogP contribution is -2.22. The summed E-state index contributed by atoms with van der Waals surface area (Å²) in [5, 5.41) is 14.1. The van der Waals surface area contributed by atoms with Gasteiger partial charge in [-0.2, -0.15) is 0 Å². The number of carbonyl (C=O) groups excluding carboxylic acids is 1. The number of aryl methyl sites for hydroxylation is 1. The number of thiazole rings is 1. The van der Waals surface area contributed by atoms with E-state index in [1.165, 1.54) is 0 Å². The Hall–Kier alpha value is -3.19. The summed E-state index contributed by atoms with van der Waals surface area (Å²) >= 11 is 1.54. The molecule has 0 radical (unpaired) electrons. The predicted molar refractivity (Wildman–Crippen MR) is 102 cm³/mol. The van der Waals surface area contributed by atoms with Gasteiger partial charge < -0.3 is 14.3 Å². The lowest BCUT2D eigenvalue weighted by molar-refractivity contribution is -0.304. The molecule has 0 unspecified atom stereocenters. The number of nitrogens with zero attached hydrogens (tertiary/aromatic N) is 3. The van der Waals surface area contributed by atoms with Crippen molar-refractivity contribution in [3.8, 4) is 5.13 Å². The average Bonchev–Trinajstić information content (AvgIpc) is 3.34. The highest BCUT2D eigenvalue weighted by Crippen LogP contribution is 2.29. The Morgan fingerprint density at radius 2 is 2.15 bits per heavy atom. The Kier molecular flexibility index (Phi) is 4.37. The molecule has 0 saturated heterocycles. The molecule has 0 aliphatic carbocycles. The highest BCUT2D eigenvalue weighted by Gasteiger charge is 2.15. The summed E-state index contributed by atoms with van der Waals surface area (Å²) in [6, 6.07) is 9.33. The predicted octanol–water partition coefficient (Wildman–Crippen LogP) is 3.37. The molecule has 1 aromatic carbocycles. The van der Waals surface area contributed by atoms with E-state index in [1.807, 2.05) is 48.1 Å². The maximum atomic E-state index is 11.3. The molecule has 4 aromatic rings. The number of para-hydroxylation sites is 2. The summed E-state index contributed by atoms with van der Waals surface area (Å²) in [7, 11) is 0. The van der Waals surface area contributed by atoms with Crippen molar-refractivity contribution in [2.24, 2.45) is 0 Å². The van der Waals surface area contributed by atoms with Crippen molar-refractivity contribution < 1.29 is 14.3 Å². The van der Waals surface area contributed by atoms with Gasteiger partial charge in [0.05, 0.1) is 0 Å². The fourth-order valence-electron chi connectivity index (χ4n) is 3.10. The van der Waals surface area contributed by atoms with Crippen molar-refractivity contribution in [1.29, 1.82) is 0 Å². The minimum absolute atomic E-state index is 0.284. The van der Waals surface area contributed by atoms with Crippen molar-refractivity contribution >= 4 is 40.1 Å². The molecule has 7 heteroatoms. The molecule has 0 bridgehead atoms. The quantitative estimate of drug-likeness (QED) is 0.532. The van der Waals surface area contributed by atoms with Crippen LogP contribution in [0.5, 0.6) is 0 Å². The van der Waals surface area contributed by atoms with Gasteiger partial charge in [-0.05, 0) is 43.7 Å². The van der Waals surface area contributed by atoms with Crippen LogP contribution in [0, 0.1) is 13.8 Å². The highest BCUT2D eigenvalue weighted by molar-refractivity contribution is 7.12. The molecule has 6 nitrogen and oxygen atoms in total. The van der Waals surface area contributed by atoms with Crippen LogP contribution >= 0.6 is 11.3 Å². The van der Waals surface area contributed by atoms with Crippen molar-refractivity contribution in [2.75, 3.05) is 0 Å². The average molecular weight is 378 g/mol. The Labute approximate surface area is 159 Å². The first-order valence-corrected chi connectivity index (χ1v) is 9.26. The topological polar surface area (TPSA) is 84.0 Å². The summed E-state index contributed by atoms with van der Waals surface area (Å²) in [5.41, 5.74) is 4.63. The van der Waals surface area contributed by atoms with E-state index in [1.54, 1.807) is 29.7 Å². The van der Waals surface area contributed by atoms with Gasteiger partial charge in [0, 0.05) is 40.9 Å². The molecule has 0 N–H and O–H groups in total. The molecule has 0 saturated carbocycles. The maximum absolute atomic E-state index is 11.3. The van der Waals surface area contributed by atoms with E-state index in [9.17, 15) is 9.90 Å². The van der Waals surface area contributed by atoms with E-state index in [2.05, 4.69) is 9.97 Å². The maximum Gasteiger partial charge on any atom is 0.223 e. The number of carbonyl (C=O) groups is 1. The SMILES string of the molecule is Cc1cc(/C=C(\CC(=O)[O-])c2nc3ccccc3o2)c(C)n1-c1nccs1. The number of benzene rings is 1. The van der Waals surface area contributed by atoms with Crippen LogP contribution in [0.1, 0.15) is 29.3 Å². The number of aromatic nitrogens is 3. The largest absolute Gasteiger partial charge is 0.550 e. The van der Waals surface area contributed by atoms with Crippen LogP contribution in [0.25, 0.3) is 27.9 Å². The van der Waals surface area contributed by atoms with E-state index in [4.69, 9.17) is 4.42 Å². The van der Waals surface area contributed by atoms with E-state index >= 15 is 0 Å². The molecule has 27 heavy (non-hydrogen) atoms. The van der Waals surface area contributed by atoms with Gasteiger partial charge in [0.25, 0.3) is 0 Å². The van der Waals surface area contributed by atoms with Gasteiger partial charge in [-0.25, -0.2) is 9.97 Å². The molecule has 0 aliphatic rings. The Balaban J connectivity index is 1.82. The van der Waals surface area contributed by atoms with Gasteiger partial charge in [0.1, 0.15) is 5.52 Å². The number of aliphatic carboxylic acids is 1. The normalized spacial score (nSPS) is 12.0. The molecular formula is C20H16N3O3S-. The zero-order chi connectivity index (χ0) is 19.0. The van der Waals surface area contributed by atoms with E-state index < -0.39 is 5.97 Å². The van der Waals surface area contributed by atoms with Crippen LogP contribution in [0.3, 0.4) is 0 Å². The fraction of sp³-hybridized carbons (Fsp3) is 0.150. The second kappa shape index (κ2) is 6.85. The van der Waals surface area contributed by atoms with E-state index in [-0.39, 0.29) is 6.42 Å². The van der Waals surface area contributed by atoms with Crippen LogP contribution in [0.4, 0.5) is 0 Å². The van der Waals surface area contributed by atoms with E-state index in [0.29, 0.717) is 22.6 Å². The zero-order valence-corrected chi connectivity index (χ0v) is 15.6. The summed E-state index contributed by atoms with van der Waals surface area (Å²) in [6.07, 6.45) is 3.27. The van der Waals surface area contributed by atoms with E-state index in [0.717, 1.165) is 22.1 Å². The summed E-state index contributed by atoms with van der Waals surface area (Å²) in [4.78, 5) is 20.1. The van der Waals surface area contributed by atoms with Gasteiger partial charge in [0.2, 0.25) is 5.89 Å². The third-order valence-electron chi connectivity index (χ3n) is 4.31. The number of hydrogen-bond acceptors (Lipinski definition) is 6. The fourth-order valence-corrected chi connectivity index (χ4v) is 3.85. The van der Waals surface area contributed by atoms with Gasteiger partial charge in [-0.3, -0.25) is 4.57 Å². The van der Waals surface area contributed by atoms with Crippen molar-refractivity contribution in [3.63, 3.8) is 0 Å². The molecule has 3 aromatic heterocycles. The van der Waals surface area contributed by atoms with Crippen LogP contribution < -0.4 is 5.11 Å². The van der Waals surface area contributed by atoms with Crippen molar-refractivity contribution in [3.05, 3.63) is 64.8 Å². The monoisotopic (exact) mass is 378 g/mol. The second-order valence-corrected chi connectivity index (χ2v) is 7.05. The summed E-state index contributed by atoms with van der Waals surface area (Å²) < 4.78 is 7.81. The molecule has 0 atom stereocenters. The first kappa shape index (κ1) is 17.2. The highest BCUT2D eigenvalue weighted by atomic mass is 32.1. The number of hydrogen-bond donors (Lipinski definition) is 0. The standard InChI is InChI=1S/C20H17N3O3S/c1-12-9-14(13(2)23(12)20-21-7-8-27-20)10-15(11-18(24)25)19-22-16-5-3-4-6-17(16)26-19/h3-10H,11H2,1-2H3,(H,24,25)/p-1/b15-10+. The third-order valence-corrected chi connectivity index (χ3v) is 5.07. The molecule has 4 rings (SSSR count). The lowest BCUT2D eigenvalue weighted by Gasteiger charge is -2.06. The molecule has 3 heterocycles. The van der Waals surface area contributed by atoms with Crippen LogP contribution in [0.2, 0.25) is 0 Å². The second-order valence-electron chi connectivity index (χ2n) is 6.18. The molecule has 0 fully saturated rings. The van der Waals surface area contributed by atoms with Gasteiger partial charge >= 0.3 is 0 Å². The first-order valence-electron chi connectivity index (χ1n) is 8.38. The van der Waals surface area contributed by atoms with Crippen molar-refractivity contribution in [1.82, 2.24) is 14.5 Å². The number of carboxylic acids is 1. The third kappa shape index (κ3) is 3.29. The Morgan fingerprint density at radius 3 is 2.85 bits per heavy atom. The van der Waals surface area contributed by atoms with Crippen LogP contribution in [-0.2, 0) is 4.79 Å². The molecular weight excluding hydrogens is 362 g/mol. The van der Waals surface area contributed by atoms with Gasteiger partial charge in [-0.15, -0.1) is 11.3 Å². The summed E-state index contributed by atoms with van der Waals surface area (Å²) in [6.45, 7) is 3.96. The Bertz CT molecular complexity index is 1120. The molecule has 136 valence electrons. The smallest absolute Gasteiger partial charge is 0.223 e. The molecule has 0 spiro atoms. The lowest BCUT2D eigenvalue weighted by atomic mass is 10.1. The first-order chi connectivity index (χ1) is 13.0. The minimum atomic E-state index is -1.18. The van der Waals surface area contributed by atoms with Crippen LogP contribution in [0.15, 0.2) is 46.3 Å². The number of carboxylic acid groups (broad SMARTS) is 1. The molecule has 0 aliphatic heterocycles. The van der Waals surface area contributed by atoms with Gasteiger partial charge in [-0.1, -0.05) is 12.1 Å². The van der Waals surface area contributed by atoms with Crippen LogP contribution in [-0.4, -0.2) is 20.5 Å². The number of oxazole rings is 1.